The van der Waals surface area contributed by atoms with E-state index in [9.17, 15) is 4.39 Å². The third-order valence-electron chi connectivity index (χ3n) is 5.59. The summed E-state index contributed by atoms with van der Waals surface area (Å²) in [6, 6.07) is 5.04. The first-order valence-corrected chi connectivity index (χ1v) is 9.36. The van der Waals surface area contributed by atoms with E-state index in [1.165, 1.54) is 25.3 Å². The molecule has 3 rings (SSSR count). The Morgan fingerprint density at radius 1 is 1.42 bits per heavy atom. The summed E-state index contributed by atoms with van der Waals surface area (Å²) in [6.45, 7) is 1.69. The van der Waals surface area contributed by atoms with Crippen LogP contribution < -0.4 is 10.6 Å². The SMILES string of the molecule is CN=C(NCC1(CCOC)CCC1)NC1CC1c1c(F)cccc1Cl.I. The molecule has 2 aliphatic carbocycles. The number of nitrogens with one attached hydrogen (secondary N) is 2. The van der Waals surface area contributed by atoms with E-state index in [0.29, 0.717) is 16.0 Å². The topological polar surface area (TPSA) is 45.7 Å². The van der Waals surface area contributed by atoms with E-state index < -0.39 is 0 Å². The number of benzene rings is 1. The molecule has 2 aliphatic rings. The van der Waals surface area contributed by atoms with Crippen molar-refractivity contribution in [2.75, 3.05) is 27.3 Å². The molecule has 0 bridgehead atoms. The predicted molar refractivity (Wildman–Crippen MR) is 115 cm³/mol. The fourth-order valence-corrected chi connectivity index (χ4v) is 3.99. The molecular weight excluding hydrogens is 468 g/mol. The molecule has 1 aromatic carbocycles. The Labute approximate surface area is 177 Å². The highest BCUT2D eigenvalue weighted by molar-refractivity contribution is 14.0. The van der Waals surface area contributed by atoms with Crippen molar-refractivity contribution in [2.24, 2.45) is 10.4 Å². The molecular formula is C19H28ClFIN3O. The van der Waals surface area contributed by atoms with Crippen LogP contribution in [0.15, 0.2) is 23.2 Å². The third kappa shape index (κ3) is 5.01. The number of halogens is 3. The Kier molecular flexibility index (Phi) is 7.97. The highest BCUT2D eigenvalue weighted by atomic mass is 127. The van der Waals surface area contributed by atoms with Crippen molar-refractivity contribution in [2.45, 2.75) is 44.1 Å². The lowest BCUT2D eigenvalue weighted by atomic mass is 9.67. The first-order chi connectivity index (χ1) is 12.1. The van der Waals surface area contributed by atoms with Crippen molar-refractivity contribution in [3.05, 3.63) is 34.6 Å². The Balaban J connectivity index is 0.00000243. The molecule has 1 aromatic rings. The number of ether oxygens (including phenoxy) is 1. The first-order valence-electron chi connectivity index (χ1n) is 8.98. The van der Waals surface area contributed by atoms with Gasteiger partial charge in [0.25, 0.3) is 0 Å². The van der Waals surface area contributed by atoms with Gasteiger partial charge in [-0.25, -0.2) is 4.39 Å². The van der Waals surface area contributed by atoms with Crippen LogP contribution in [-0.4, -0.2) is 39.3 Å². The number of aliphatic imine (C=N–C) groups is 1. The molecule has 0 aliphatic heterocycles. The summed E-state index contributed by atoms with van der Waals surface area (Å²) in [7, 11) is 3.52. The maximum Gasteiger partial charge on any atom is 0.191 e. The predicted octanol–water partition coefficient (Wildman–Crippen LogP) is 4.32. The highest BCUT2D eigenvalue weighted by Crippen LogP contribution is 2.45. The minimum Gasteiger partial charge on any atom is -0.385 e. The monoisotopic (exact) mass is 495 g/mol. The number of guanidine groups is 1. The second-order valence-electron chi connectivity index (χ2n) is 7.25. The van der Waals surface area contributed by atoms with E-state index in [1.54, 1.807) is 26.3 Å². The van der Waals surface area contributed by atoms with Crippen molar-refractivity contribution in [1.82, 2.24) is 10.6 Å². The second-order valence-corrected chi connectivity index (χ2v) is 7.66. The minimum absolute atomic E-state index is 0. The van der Waals surface area contributed by atoms with E-state index in [1.807, 2.05) is 0 Å². The molecule has 2 atom stereocenters. The molecule has 4 nitrogen and oxygen atoms in total. The quantitative estimate of drug-likeness (QED) is 0.336. The van der Waals surface area contributed by atoms with Crippen molar-refractivity contribution in [3.8, 4) is 0 Å². The van der Waals surface area contributed by atoms with E-state index in [4.69, 9.17) is 16.3 Å². The molecule has 2 fully saturated rings. The molecule has 26 heavy (non-hydrogen) atoms. The average molecular weight is 496 g/mol. The average Bonchev–Trinajstić information content (AvgIpc) is 3.31. The summed E-state index contributed by atoms with van der Waals surface area (Å²) < 4.78 is 19.3. The number of nitrogens with zero attached hydrogens (tertiary/aromatic N) is 1. The summed E-state index contributed by atoms with van der Waals surface area (Å²) in [5.74, 6) is 0.666. The molecule has 0 amide bonds. The van der Waals surface area contributed by atoms with Crippen molar-refractivity contribution >= 4 is 41.5 Å². The minimum atomic E-state index is -0.224. The van der Waals surface area contributed by atoms with E-state index >= 15 is 0 Å². The number of hydrogen-bond acceptors (Lipinski definition) is 2. The van der Waals surface area contributed by atoms with Crippen molar-refractivity contribution < 1.29 is 9.13 Å². The first kappa shape index (κ1) is 21.7. The molecule has 146 valence electrons. The van der Waals surface area contributed by atoms with Gasteiger partial charge in [0, 0.05) is 49.9 Å². The summed E-state index contributed by atoms with van der Waals surface area (Å²) >= 11 is 6.17. The smallest absolute Gasteiger partial charge is 0.191 e. The van der Waals surface area contributed by atoms with Crippen molar-refractivity contribution in [3.63, 3.8) is 0 Å². The molecule has 7 heteroatoms. The van der Waals surface area contributed by atoms with Gasteiger partial charge in [0.1, 0.15) is 5.82 Å². The van der Waals surface area contributed by atoms with Gasteiger partial charge in [0.05, 0.1) is 0 Å². The maximum atomic E-state index is 14.0. The standard InChI is InChI=1S/C19H27ClFN3O.HI/c1-22-18(23-12-19(7-4-8-19)9-10-25-2)24-16-11-13(16)17-14(20)5-3-6-15(17)21;/h3,5-6,13,16H,4,7-12H2,1-2H3,(H2,22,23,24);1H. The molecule has 2 N–H and O–H groups in total. The number of hydrogen-bond donors (Lipinski definition) is 2. The van der Waals surface area contributed by atoms with Gasteiger partial charge in [0.15, 0.2) is 5.96 Å². The van der Waals surface area contributed by atoms with Crippen LogP contribution in [-0.2, 0) is 4.74 Å². The third-order valence-corrected chi connectivity index (χ3v) is 5.92. The van der Waals surface area contributed by atoms with Crippen LogP contribution in [0, 0.1) is 11.2 Å². The Bertz CT molecular complexity index is 619. The lowest BCUT2D eigenvalue weighted by Gasteiger charge is -2.42. The van der Waals surface area contributed by atoms with E-state index in [2.05, 4.69) is 15.6 Å². The van der Waals surface area contributed by atoms with Gasteiger partial charge in [-0.2, -0.15) is 0 Å². The normalized spacial score (nSPS) is 23.6. The van der Waals surface area contributed by atoms with Gasteiger partial charge in [-0.15, -0.1) is 24.0 Å². The van der Waals surface area contributed by atoms with Gasteiger partial charge >= 0.3 is 0 Å². The zero-order valence-corrected chi connectivity index (χ0v) is 18.4. The molecule has 0 radical (unpaired) electrons. The fraction of sp³-hybridized carbons (Fsp3) is 0.632. The summed E-state index contributed by atoms with van der Waals surface area (Å²) in [6.07, 6.45) is 5.70. The van der Waals surface area contributed by atoms with Gasteiger partial charge < -0.3 is 15.4 Å². The van der Waals surface area contributed by atoms with E-state index in [0.717, 1.165) is 32.0 Å². The molecule has 0 saturated heterocycles. The van der Waals surface area contributed by atoms with Crippen LogP contribution in [0.5, 0.6) is 0 Å². The summed E-state index contributed by atoms with van der Waals surface area (Å²) in [5, 5.41) is 7.36. The van der Waals surface area contributed by atoms with Gasteiger partial charge in [0.2, 0.25) is 0 Å². The van der Waals surface area contributed by atoms with Crippen LogP contribution in [0.1, 0.15) is 43.6 Å². The van der Waals surface area contributed by atoms with Crippen LogP contribution in [0.3, 0.4) is 0 Å². The highest BCUT2D eigenvalue weighted by Gasteiger charge is 2.42. The maximum absolute atomic E-state index is 14.0. The van der Waals surface area contributed by atoms with Gasteiger partial charge in [-0.05, 0) is 43.2 Å². The van der Waals surface area contributed by atoms with Gasteiger partial charge in [-0.3, -0.25) is 4.99 Å². The van der Waals surface area contributed by atoms with E-state index in [-0.39, 0.29) is 41.8 Å². The molecule has 0 aromatic heterocycles. The molecule has 2 unspecified atom stereocenters. The summed E-state index contributed by atoms with van der Waals surface area (Å²) in [5.41, 5.74) is 0.943. The van der Waals surface area contributed by atoms with Crippen LogP contribution >= 0.6 is 35.6 Å². The molecule has 0 heterocycles. The molecule has 0 spiro atoms. The number of methoxy groups -OCH3 is 1. The Hall–Kier alpha value is -0.600. The zero-order chi connectivity index (χ0) is 17.9. The molecule has 2 saturated carbocycles. The Morgan fingerprint density at radius 3 is 2.77 bits per heavy atom. The lowest BCUT2D eigenvalue weighted by Crippen LogP contribution is -2.47. The number of rotatable bonds is 7. The summed E-state index contributed by atoms with van der Waals surface area (Å²) in [4.78, 5) is 4.32. The van der Waals surface area contributed by atoms with Crippen LogP contribution in [0.25, 0.3) is 0 Å². The lowest BCUT2D eigenvalue weighted by molar-refractivity contribution is 0.0732. The Morgan fingerprint density at radius 2 is 2.19 bits per heavy atom. The van der Waals surface area contributed by atoms with Crippen molar-refractivity contribution in [1.29, 1.82) is 0 Å². The largest absolute Gasteiger partial charge is 0.385 e. The van der Waals surface area contributed by atoms with Crippen LogP contribution in [0.4, 0.5) is 4.39 Å². The zero-order valence-electron chi connectivity index (χ0n) is 15.4. The van der Waals surface area contributed by atoms with Gasteiger partial charge in [-0.1, -0.05) is 24.1 Å². The second kappa shape index (κ2) is 9.55. The fourth-order valence-electron chi connectivity index (χ4n) is 3.69. The van der Waals surface area contributed by atoms with Crippen LogP contribution in [0.2, 0.25) is 5.02 Å².